The largest absolute Gasteiger partial charge is 0.303 e. The van der Waals surface area contributed by atoms with Crippen LogP contribution in [0, 0.1) is 5.92 Å². The molecular formula is C15H19NO. The highest BCUT2D eigenvalue weighted by Crippen LogP contribution is 2.33. The fourth-order valence-electron chi connectivity index (χ4n) is 3.39. The van der Waals surface area contributed by atoms with Crippen molar-refractivity contribution in [3.8, 4) is 0 Å². The zero-order valence-corrected chi connectivity index (χ0v) is 10.4. The van der Waals surface area contributed by atoms with E-state index in [1.165, 1.54) is 24.8 Å². The summed E-state index contributed by atoms with van der Waals surface area (Å²) in [5, 5.41) is 0. The smallest absolute Gasteiger partial charge is 0.168 e. The zero-order chi connectivity index (χ0) is 11.8. The van der Waals surface area contributed by atoms with Crippen molar-refractivity contribution in [1.29, 1.82) is 0 Å². The lowest BCUT2D eigenvalue weighted by molar-refractivity contribution is 0.0775. The molecule has 0 aromatic heterocycles. The van der Waals surface area contributed by atoms with Crippen LogP contribution in [0.3, 0.4) is 0 Å². The molecule has 0 saturated carbocycles. The molecule has 0 radical (unpaired) electrons. The number of hydrogen-bond acceptors (Lipinski definition) is 2. The number of hydrogen-bond donors (Lipinski definition) is 0. The van der Waals surface area contributed by atoms with Crippen molar-refractivity contribution >= 4 is 5.78 Å². The topological polar surface area (TPSA) is 20.3 Å². The van der Waals surface area contributed by atoms with Crippen LogP contribution in [0.1, 0.15) is 35.2 Å². The maximum atomic E-state index is 12.4. The molecule has 17 heavy (non-hydrogen) atoms. The first-order valence-corrected chi connectivity index (χ1v) is 6.60. The maximum Gasteiger partial charge on any atom is 0.168 e. The Labute approximate surface area is 103 Å². The van der Waals surface area contributed by atoms with Crippen LogP contribution in [0.4, 0.5) is 0 Å². The number of fused-ring (bicyclic) bond motifs is 1. The molecule has 0 spiro atoms. The first-order chi connectivity index (χ1) is 8.27. The Hall–Kier alpha value is -1.15. The average molecular weight is 229 g/mol. The summed E-state index contributed by atoms with van der Waals surface area (Å²) in [7, 11) is 2.17. The third-order valence-corrected chi connectivity index (χ3v) is 4.35. The summed E-state index contributed by atoms with van der Waals surface area (Å²) in [5.41, 5.74) is 2.22. The second-order valence-corrected chi connectivity index (χ2v) is 5.38. The number of carbonyl (C=O) groups is 1. The lowest BCUT2D eigenvalue weighted by Gasteiger charge is -2.35. The molecule has 1 saturated heterocycles. The summed E-state index contributed by atoms with van der Waals surface area (Å²) in [6.45, 7) is 1.14. The number of likely N-dealkylation sites (tertiary alicyclic amines) is 1. The van der Waals surface area contributed by atoms with Gasteiger partial charge in [-0.15, -0.1) is 0 Å². The van der Waals surface area contributed by atoms with E-state index in [-0.39, 0.29) is 5.92 Å². The number of ketones is 1. The van der Waals surface area contributed by atoms with E-state index in [1.807, 2.05) is 18.2 Å². The lowest BCUT2D eigenvalue weighted by atomic mass is 9.88. The number of benzene rings is 1. The molecule has 3 rings (SSSR count). The van der Waals surface area contributed by atoms with Crippen molar-refractivity contribution in [2.45, 2.75) is 31.7 Å². The van der Waals surface area contributed by atoms with Crippen LogP contribution in [-0.4, -0.2) is 30.3 Å². The molecule has 90 valence electrons. The number of Topliss-reactive ketones (excluding diaryl/α,β-unsaturated/α-hetero) is 1. The molecule has 0 N–H and O–H groups in total. The molecule has 1 fully saturated rings. The minimum absolute atomic E-state index is 0.206. The highest BCUT2D eigenvalue weighted by molar-refractivity contribution is 6.02. The molecule has 2 aliphatic rings. The fourth-order valence-corrected chi connectivity index (χ4v) is 3.39. The average Bonchev–Trinajstić information content (AvgIpc) is 2.68. The van der Waals surface area contributed by atoms with Crippen molar-refractivity contribution < 1.29 is 4.79 Å². The molecule has 1 aliphatic heterocycles. The number of nitrogens with zero attached hydrogens (tertiary/aromatic N) is 1. The molecule has 2 atom stereocenters. The normalized spacial score (nSPS) is 29.4. The van der Waals surface area contributed by atoms with Crippen LogP contribution in [0.15, 0.2) is 24.3 Å². The van der Waals surface area contributed by atoms with E-state index in [0.29, 0.717) is 11.8 Å². The van der Waals surface area contributed by atoms with Gasteiger partial charge in [0.25, 0.3) is 0 Å². The van der Waals surface area contributed by atoms with Gasteiger partial charge in [0.15, 0.2) is 5.78 Å². The van der Waals surface area contributed by atoms with Gasteiger partial charge in [-0.2, -0.15) is 0 Å². The van der Waals surface area contributed by atoms with Crippen LogP contribution in [-0.2, 0) is 6.42 Å². The van der Waals surface area contributed by atoms with Gasteiger partial charge in [0.1, 0.15) is 0 Å². The highest BCUT2D eigenvalue weighted by atomic mass is 16.1. The van der Waals surface area contributed by atoms with E-state index in [1.54, 1.807) is 0 Å². The summed E-state index contributed by atoms with van der Waals surface area (Å²) in [5.74, 6) is 0.581. The van der Waals surface area contributed by atoms with Crippen molar-refractivity contribution in [3.05, 3.63) is 35.4 Å². The van der Waals surface area contributed by atoms with E-state index >= 15 is 0 Å². The van der Waals surface area contributed by atoms with E-state index in [0.717, 1.165) is 18.5 Å². The minimum atomic E-state index is 0.206. The van der Waals surface area contributed by atoms with Crippen molar-refractivity contribution in [3.63, 3.8) is 0 Å². The summed E-state index contributed by atoms with van der Waals surface area (Å²) < 4.78 is 0. The molecule has 1 aliphatic carbocycles. The molecule has 1 heterocycles. The summed E-state index contributed by atoms with van der Waals surface area (Å²) in [6.07, 6.45) is 4.68. The van der Waals surface area contributed by atoms with Gasteiger partial charge in [-0.3, -0.25) is 4.79 Å². The second-order valence-electron chi connectivity index (χ2n) is 5.38. The maximum absolute atomic E-state index is 12.4. The van der Waals surface area contributed by atoms with Crippen molar-refractivity contribution in [2.24, 2.45) is 5.92 Å². The molecule has 0 bridgehead atoms. The Morgan fingerprint density at radius 3 is 2.82 bits per heavy atom. The van der Waals surface area contributed by atoms with Gasteiger partial charge in [0, 0.05) is 17.5 Å². The van der Waals surface area contributed by atoms with Crippen molar-refractivity contribution in [1.82, 2.24) is 4.90 Å². The molecule has 1 aromatic rings. The van der Waals surface area contributed by atoms with E-state index < -0.39 is 0 Å². The van der Waals surface area contributed by atoms with E-state index in [9.17, 15) is 4.79 Å². The van der Waals surface area contributed by atoms with Gasteiger partial charge in [-0.05, 0) is 38.4 Å². The number of rotatable bonds is 1. The Morgan fingerprint density at radius 2 is 2.06 bits per heavy atom. The Morgan fingerprint density at radius 1 is 1.24 bits per heavy atom. The summed E-state index contributed by atoms with van der Waals surface area (Å²) >= 11 is 0. The Kier molecular flexibility index (Phi) is 2.75. The van der Waals surface area contributed by atoms with Gasteiger partial charge in [0.05, 0.1) is 0 Å². The van der Waals surface area contributed by atoms with Gasteiger partial charge < -0.3 is 4.90 Å². The minimum Gasteiger partial charge on any atom is -0.303 e. The SMILES string of the molecule is CN1CCCCC1C1Cc2ccccc2C1=O. The van der Waals surface area contributed by atoms with Gasteiger partial charge in [-0.25, -0.2) is 0 Å². The Bertz CT molecular complexity index is 440. The summed E-state index contributed by atoms with van der Waals surface area (Å²) in [4.78, 5) is 14.8. The number of piperidine rings is 1. The predicted octanol–water partition coefficient (Wildman–Crippen LogP) is 2.53. The number of carbonyl (C=O) groups excluding carboxylic acids is 1. The molecule has 0 amide bonds. The van der Waals surface area contributed by atoms with E-state index in [2.05, 4.69) is 18.0 Å². The monoisotopic (exact) mass is 229 g/mol. The van der Waals surface area contributed by atoms with Gasteiger partial charge in [0.2, 0.25) is 0 Å². The van der Waals surface area contributed by atoms with Crippen LogP contribution in [0.25, 0.3) is 0 Å². The second kappa shape index (κ2) is 4.26. The fraction of sp³-hybridized carbons (Fsp3) is 0.533. The van der Waals surface area contributed by atoms with Crippen LogP contribution < -0.4 is 0 Å². The third-order valence-electron chi connectivity index (χ3n) is 4.35. The van der Waals surface area contributed by atoms with Crippen LogP contribution >= 0.6 is 0 Å². The predicted molar refractivity (Wildman–Crippen MR) is 68.2 cm³/mol. The van der Waals surface area contributed by atoms with Gasteiger partial charge in [-0.1, -0.05) is 30.7 Å². The van der Waals surface area contributed by atoms with Gasteiger partial charge >= 0.3 is 0 Å². The van der Waals surface area contributed by atoms with Crippen LogP contribution in [0.2, 0.25) is 0 Å². The molecular weight excluding hydrogens is 210 g/mol. The van der Waals surface area contributed by atoms with Crippen LogP contribution in [0.5, 0.6) is 0 Å². The molecule has 2 heteroatoms. The standard InChI is InChI=1S/C15H19NO/c1-16-9-5-4-8-14(16)13-10-11-6-2-3-7-12(11)15(13)17/h2-3,6-7,13-14H,4-5,8-10H2,1H3. The quantitative estimate of drug-likeness (QED) is 0.737. The molecule has 2 unspecified atom stereocenters. The lowest BCUT2D eigenvalue weighted by Crippen LogP contribution is -2.43. The third kappa shape index (κ3) is 1.81. The van der Waals surface area contributed by atoms with E-state index in [4.69, 9.17) is 0 Å². The first kappa shape index (κ1) is 11.0. The Balaban J connectivity index is 1.86. The molecule has 1 aromatic carbocycles. The summed E-state index contributed by atoms with van der Waals surface area (Å²) in [6, 6.07) is 8.57. The first-order valence-electron chi connectivity index (χ1n) is 6.60. The molecule has 2 nitrogen and oxygen atoms in total. The zero-order valence-electron chi connectivity index (χ0n) is 10.4. The van der Waals surface area contributed by atoms with Crippen molar-refractivity contribution in [2.75, 3.05) is 13.6 Å². The highest BCUT2D eigenvalue weighted by Gasteiger charge is 2.38.